The third-order valence-electron chi connectivity index (χ3n) is 4.75. The van der Waals surface area contributed by atoms with E-state index in [0.717, 1.165) is 32.0 Å². The zero-order valence-electron chi connectivity index (χ0n) is 15.9. The van der Waals surface area contributed by atoms with Gasteiger partial charge in [0.15, 0.2) is 5.96 Å². The number of aliphatic imine (C=N–C) groups is 1. The van der Waals surface area contributed by atoms with Crippen LogP contribution in [0.4, 0.5) is 0 Å². The van der Waals surface area contributed by atoms with Crippen LogP contribution in [0.1, 0.15) is 46.0 Å². The number of hydrogen-bond donors (Lipinski definition) is 2. The van der Waals surface area contributed by atoms with Crippen LogP contribution in [0.15, 0.2) is 4.99 Å². The van der Waals surface area contributed by atoms with Gasteiger partial charge in [0.25, 0.3) is 0 Å². The van der Waals surface area contributed by atoms with E-state index >= 15 is 0 Å². The van der Waals surface area contributed by atoms with Crippen molar-refractivity contribution >= 4 is 35.8 Å². The van der Waals surface area contributed by atoms with Crippen molar-refractivity contribution < 1.29 is 9.53 Å². The van der Waals surface area contributed by atoms with Gasteiger partial charge in [-0.1, -0.05) is 13.3 Å². The first-order valence-corrected chi connectivity index (χ1v) is 8.66. The summed E-state index contributed by atoms with van der Waals surface area (Å²) in [6.07, 6.45) is 5.84. The SMILES string of the molecule is CCC(C)NC(=NCC(=O)N(C)C)NCC1(CCOC)CCC1.I. The van der Waals surface area contributed by atoms with Gasteiger partial charge in [-0.25, -0.2) is 4.99 Å². The van der Waals surface area contributed by atoms with Crippen LogP contribution in [-0.4, -0.2) is 63.7 Å². The number of carbonyl (C=O) groups is 1. The van der Waals surface area contributed by atoms with E-state index in [9.17, 15) is 4.79 Å². The minimum absolute atomic E-state index is 0. The second-order valence-corrected chi connectivity index (χ2v) is 6.86. The van der Waals surface area contributed by atoms with Gasteiger partial charge < -0.3 is 20.3 Å². The van der Waals surface area contributed by atoms with E-state index in [1.54, 1.807) is 26.1 Å². The first-order valence-electron chi connectivity index (χ1n) is 8.66. The Kier molecular flexibility index (Phi) is 11.6. The molecule has 0 heterocycles. The molecule has 0 radical (unpaired) electrons. The maximum atomic E-state index is 11.8. The van der Waals surface area contributed by atoms with E-state index in [-0.39, 0.29) is 36.4 Å². The molecule has 7 heteroatoms. The Balaban J connectivity index is 0.00000529. The Morgan fingerprint density at radius 1 is 1.38 bits per heavy atom. The monoisotopic (exact) mass is 454 g/mol. The number of likely N-dealkylation sites (N-methyl/N-ethyl adjacent to an activating group) is 1. The zero-order chi connectivity index (χ0) is 17.3. The first-order chi connectivity index (χ1) is 10.9. The predicted molar refractivity (Wildman–Crippen MR) is 110 cm³/mol. The van der Waals surface area contributed by atoms with Gasteiger partial charge >= 0.3 is 0 Å². The smallest absolute Gasteiger partial charge is 0.243 e. The number of guanidine groups is 1. The van der Waals surface area contributed by atoms with Crippen molar-refractivity contribution in [1.29, 1.82) is 0 Å². The van der Waals surface area contributed by atoms with Gasteiger partial charge in [-0.3, -0.25) is 4.79 Å². The lowest BCUT2D eigenvalue weighted by Gasteiger charge is -2.42. The van der Waals surface area contributed by atoms with Crippen molar-refractivity contribution in [1.82, 2.24) is 15.5 Å². The Morgan fingerprint density at radius 3 is 2.50 bits per heavy atom. The Labute approximate surface area is 164 Å². The number of hydrogen-bond acceptors (Lipinski definition) is 3. The standard InChI is InChI=1S/C17H34N4O2.HI/c1-6-14(2)20-16(18-12-15(22)21(3)4)19-13-17(8-7-9-17)10-11-23-5;/h14H,6-13H2,1-5H3,(H2,18,19,20);1H. The number of amides is 1. The lowest BCUT2D eigenvalue weighted by atomic mass is 9.67. The van der Waals surface area contributed by atoms with Crippen LogP contribution < -0.4 is 10.6 Å². The van der Waals surface area contributed by atoms with E-state index in [4.69, 9.17) is 4.74 Å². The largest absolute Gasteiger partial charge is 0.385 e. The van der Waals surface area contributed by atoms with Crippen molar-refractivity contribution in [2.45, 2.75) is 52.0 Å². The van der Waals surface area contributed by atoms with Crippen LogP contribution in [0.2, 0.25) is 0 Å². The third kappa shape index (κ3) is 8.00. The summed E-state index contributed by atoms with van der Waals surface area (Å²) >= 11 is 0. The lowest BCUT2D eigenvalue weighted by Crippen LogP contribution is -2.49. The number of nitrogens with one attached hydrogen (secondary N) is 2. The molecule has 0 aromatic rings. The minimum atomic E-state index is 0. The summed E-state index contributed by atoms with van der Waals surface area (Å²) < 4.78 is 5.24. The average Bonchev–Trinajstić information content (AvgIpc) is 2.50. The van der Waals surface area contributed by atoms with E-state index in [2.05, 4.69) is 29.5 Å². The fraction of sp³-hybridized carbons (Fsp3) is 0.882. The Hall–Kier alpha value is -0.570. The summed E-state index contributed by atoms with van der Waals surface area (Å²) in [6.45, 7) is 6.10. The Morgan fingerprint density at radius 2 is 2.04 bits per heavy atom. The van der Waals surface area contributed by atoms with Crippen LogP contribution in [0.5, 0.6) is 0 Å². The van der Waals surface area contributed by atoms with Crippen LogP contribution in [0.25, 0.3) is 0 Å². The highest BCUT2D eigenvalue weighted by Crippen LogP contribution is 2.43. The Bertz CT molecular complexity index is 398. The molecule has 0 aromatic carbocycles. The maximum absolute atomic E-state index is 11.8. The number of ether oxygens (including phenoxy) is 1. The first kappa shape index (κ1) is 23.4. The maximum Gasteiger partial charge on any atom is 0.243 e. The normalized spacial score (nSPS) is 17.3. The molecule has 1 aliphatic rings. The molecule has 1 aliphatic carbocycles. The molecule has 0 aliphatic heterocycles. The molecule has 24 heavy (non-hydrogen) atoms. The van der Waals surface area contributed by atoms with E-state index < -0.39 is 0 Å². The number of carbonyl (C=O) groups excluding carboxylic acids is 1. The molecule has 0 aromatic heterocycles. The molecule has 1 saturated carbocycles. The molecule has 6 nitrogen and oxygen atoms in total. The summed E-state index contributed by atoms with van der Waals surface area (Å²) in [5, 5.41) is 6.82. The molecule has 142 valence electrons. The predicted octanol–water partition coefficient (Wildman–Crippen LogP) is 2.23. The second kappa shape index (κ2) is 11.9. The van der Waals surface area contributed by atoms with E-state index in [1.165, 1.54) is 19.3 Å². The molecular formula is C17H35IN4O2. The van der Waals surface area contributed by atoms with Crippen molar-refractivity contribution in [2.75, 3.05) is 40.9 Å². The molecule has 1 atom stereocenters. The van der Waals surface area contributed by atoms with Crippen molar-refractivity contribution in [3.8, 4) is 0 Å². The minimum Gasteiger partial charge on any atom is -0.385 e. The summed E-state index contributed by atoms with van der Waals surface area (Å²) in [7, 11) is 5.26. The van der Waals surface area contributed by atoms with E-state index in [0.29, 0.717) is 11.5 Å². The van der Waals surface area contributed by atoms with Crippen molar-refractivity contribution in [3.05, 3.63) is 0 Å². The molecule has 1 amide bonds. The lowest BCUT2D eigenvalue weighted by molar-refractivity contribution is -0.127. The summed E-state index contributed by atoms with van der Waals surface area (Å²) in [5.41, 5.74) is 0.319. The van der Waals surface area contributed by atoms with Gasteiger partial charge in [0, 0.05) is 40.4 Å². The fourth-order valence-corrected chi connectivity index (χ4v) is 2.56. The molecule has 0 bridgehead atoms. The van der Waals surface area contributed by atoms with Crippen molar-refractivity contribution in [3.63, 3.8) is 0 Å². The third-order valence-corrected chi connectivity index (χ3v) is 4.75. The number of methoxy groups -OCH3 is 1. The number of halogens is 1. The van der Waals surface area contributed by atoms with E-state index in [1.807, 2.05) is 0 Å². The summed E-state index contributed by atoms with van der Waals surface area (Å²) in [4.78, 5) is 17.8. The van der Waals surface area contributed by atoms with Crippen LogP contribution in [0, 0.1) is 5.41 Å². The number of rotatable bonds is 9. The van der Waals surface area contributed by atoms with Crippen LogP contribution in [-0.2, 0) is 9.53 Å². The highest BCUT2D eigenvalue weighted by Gasteiger charge is 2.36. The molecule has 2 N–H and O–H groups in total. The molecule has 1 rings (SSSR count). The van der Waals surface area contributed by atoms with Gasteiger partial charge in [0.05, 0.1) is 0 Å². The summed E-state index contributed by atoms with van der Waals surface area (Å²) in [6, 6.07) is 0.326. The molecule has 0 saturated heterocycles. The van der Waals surface area contributed by atoms with Gasteiger partial charge in [-0.05, 0) is 38.0 Å². The van der Waals surface area contributed by atoms with Gasteiger partial charge in [-0.2, -0.15) is 0 Å². The molecule has 0 spiro atoms. The second-order valence-electron chi connectivity index (χ2n) is 6.86. The summed E-state index contributed by atoms with van der Waals surface area (Å²) in [5.74, 6) is 0.742. The van der Waals surface area contributed by atoms with Crippen LogP contribution >= 0.6 is 24.0 Å². The number of nitrogens with zero attached hydrogens (tertiary/aromatic N) is 2. The van der Waals surface area contributed by atoms with Crippen molar-refractivity contribution in [2.24, 2.45) is 10.4 Å². The zero-order valence-corrected chi connectivity index (χ0v) is 18.2. The quantitative estimate of drug-likeness (QED) is 0.319. The van der Waals surface area contributed by atoms with Crippen LogP contribution in [0.3, 0.4) is 0 Å². The van der Waals surface area contributed by atoms with Gasteiger partial charge in [-0.15, -0.1) is 24.0 Å². The topological polar surface area (TPSA) is 66.0 Å². The average molecular weight is 454 g/mol. The molecular weight excluding hydrogens is 419 g/mol. The molecule has 1 unspecified atom stereocenters. The van der Waals surface area contributed by atoms with Gasteiger partial charge in [0.1, 0.15) is 6.54 Å². The van der Waals surface area contributed by atoms with Gasteiger partial charge in [0.2, 0.25) is 5.91 Å². The molecule has 1 fully saturated rings. The highest BCUT2D eigenvalue weighted by atomic mass is 127. The fourth-order valence-electron chi connectivity index (χ4n) is 2.56. The highest BCUT2D eigenvalue weighted by molar-refractivity contribution is 14.0.